The van der Waals surface area contributed by atoms with Crippen LogP contribution in [0.3, 0.4) is 0 Å². The fourth-order valence-electron chi connectivity index (χ4n) is 3.77. The molecule has 178 valence electrons. The molecular weight excluding hydrogens is 424 g/mol. The number of benzene rings is 3. The van der Waals surface area contributed by atoms with Crippen LogP contribution in [0.2, 0.25) is 0 Å². The summed E-state index contributed by atoms with van der Waals surface area (Å²) in [6, 6.07) is 24.6. The first-order valence-electron chi connectivity index (χ1n) is 11.7. The van der Waals surface area contributed by atoms with Gasteiger partial charge in [-0.25, -0.2) is 0 Å². The number of carbonyl (C=O) groups excluding carboxylic acids is 2. The van der Waals surface area contributed by atoms with Crippen molar-refractivity contribution in [3.05, 3.63) is 101 Å². The Hall–Kier alpha value is -3.60. The van der Waals surface area contributed by atoms with Crippen LogP contribution < -0.4 is 10.1 Å². The molecule has 1 N–H and O–H groups in total. The van der Waals surface area contributed by atoms with Gasteiger partial charge in [0.25, 0.3) is 5.91 Å². The average molecular weight is 459 g/mol. The molecule has 0 aliphatic carbocycles. The maximum absolute atomic E-state index is 13.5. The second-order valence-electron chi connectivity index (χ2n) is 8.92. The van der Waals surface area contributed by atoms with Crippen LogP contribution in [-0.4, -0.2) is 35.4 Å². The summed E-state index contributed by atoms with van der Waals surface area (Å²) < 4.78 is 5.81. The Morgan fingerprint density at radius 2 is 1.53 bits per heavy atom. The molecular formula is C29H34N2O3. The van der Waals surface area contributed by atoms with Crippen LogP contribution in [0.1, 0.15) is 36.1 Å². The van der Waals surface area contributed by atoms with Crippen LogP contribution >= 0.6 is 0 Å². The third kappa shape index (κ3) is 7.20. The molecule has 2 amide bonds. The first-order chi connectivity index (χ1) is 16.3. The number of aryl methyl sites for hydroxylation is 2. The minimum atomic E-state index is -0.668. The van der Waals surface area contributed by atoms with Gasteiger partial charge < -0.3 is 15.0 Å². The molecule has 5 heteroatoms. The predicted octanol–water partition coefficient (Wildman–Crippen LogP) is 4.85. The van der Waals surface area contributed by atoms with Gasteiger partial charge in [0.2, 0.25) is 5.91 Å². The minimum Gasteiger partial charge on any atom is -0.484 e. The number of ether oxygens (including phenoxy) is 1. The van der Waals surface area contributed by atoms with E-state index in [4.69, 9.17) is 4.74 Å². The molecule has 0 fully saturated rings. The number of nitrogens with one attached hydrogen (secondary N) is 1. The molecule has 3 aromatic carbocycles. The minimum absolute atomic E-state index is 0.0370. The topological polar surface area (TPSA) is 58.6 Å². The van der Waals surface area contributed by atoms with Crippen LogP contribution in [0.5, 0.6) is 5.75 Å². The number of carbonyl (C=O) groups is 2. The van der Waals surface area contributed by atoms with E-state index >= 15 is 0 Å². The van der Waals surface area contributed by atoms with Crippen molar-refractivity contribution in [3.8, 4) is 5.75 Å². The molecule has 0 aromatic heterocycles. The second kappa shape index (κ2) is 12.0. The van der Waals surface area contributed by atoms with Gasteiger partial charge in [-0.1, -0.05) is 72.3 Å². The van der Waals surface area contributed by atoms with E-state index in [0.29, 0.717) is 18.7 Å². The molecule has 0 aliphatic heterocycles. The summed E-state index contributed by atoms with van der Waals surface area (Å²) in [4.78, 5) is 28.5. The first kappa shape index (κ1) is 25.0. The number of nitrogens with zero attached hydrogens (tertiary/aromatic N) is 1. The zero-order chi connectivity index (χ0) is 24.5. The molecule has 0 saturated heterocycles. The predicted molar refractivity (Wildman–Crippen MR) is 136 cm³/mol. The number of hydrogen-bond donors (Lipinski definition) is 1. The van der Waals surface area contributed by atoms with E-state index < -0.39 is 6.04 Å². The lowest BCUT2D eigenvalue weighted by molar-refractivity contribution is -0.143. The monoisotopic (exact) mass is 458 g/mol. The van der Waals surface area contributed by atoms with Crippen molar-refractivity contribution in [3.63, 3.8) is 0 Å². The maximum atomic E-state index is 13.5. The van der Waals surface area contributed by atoms with E-state index in [1.165, 1.54) is 0 Å². The van der Waals surface area contributed by atoms with E-state index in [0.717, 1.165) is 22.3 Å². The average Bonchev–Trinajstić information content (AvgIpc) is 2.82. The Kier molecular flexibility index (Phi) is 8.86. The van der Waals surface area contributed by atoms with Crippen LogP contribution in [0.25, 0.3) is 0 Å². The van der Waals surface area contributed by atoms with Gasteiger partial charge in [-0.05, 0) is 56.5 Å². The van der Waals surface area contributed by atoms with Crippen molar-refractivity contribution in [2.45, 2.75) is 52.7 Å². The van der Waals surface area contributed by atoms with Gasteiger partial charge in [0.05, 0.1) is 0 Å². The summed E-state index contributed by atoms with van der Waals surface area (Å²) in [6.07, 6.45) is 0.418. The molecule has 3 aromatic rings. The Bertz CT molecular complexity index is 1080. The second-order valence-corrected chi connectivity index (χ2v) is 8.92. The summed E-state index contributed by atoms with van der Waals surface area (Å²) >= 11 is 0. The lowest BCUT2D eigenvalue weighted by Gasteiger charge is -2.32. The third-order valence-electron chi connectivity index (χ3n) is 5.69. The first-order valence-corrected chi connectivity index (χ1v) is 11.7. The normalized spacial score (nSPS) is 11.7. The lowest BCUT2D eigenvalue weighted by Crippen LogP contribution is -2.52. The van der Waals surface area contributed by atoms with Gasteiger partial charge in [0, 0.05) is 19.0 Å². The van der Waals surface area contributed by atoms with Gasteiger partial charge in [0.15, 0.2) is 6.61 Å². The third-order valence-corrected chi connectivity index (χ3v) is 5.69. The van der Waals surface area contributed by atoms with E-state index in [-0.39, 0.29) is 24.5 Å². The molecule has 0 saturated carbocycles. The Morgan fingerprint density at radius 1 is 0.882 bits per heavy atom. The molecule has 1 unspecified atom stereocenters. The number of amides is 2. The van der Waals surface area contributed by atoms with E-state index in [2.05, 4.69) is 5.32 Å². The van der Waals surface area contributed by atoms with Crippen molar-refractivity contribution in [1.82, 2.24) is 10.2 Å². The summed E-state index contributed by atoms with van der Waals surface area (Å²) in [6.45, 7) is 8.04. The highest BCUT2D eigenvalue weighted by atomic mass is 16.5. The molecule has 0 radical (unpaired) electrons. The highest BCUT2D eigenvalue weighted by Gasteiger charge is 2.31. The lowest BCUT2D eigenvalue weighted by atomic mass is 10.0. The zero-order valence-electron chi connectivity index (χ0n) is 20.5. The molecule has 0 bridgehead atoms. The molecule has 0 aliphatic rings. The Balaban J connectivity index is 1.91. The largest absolute Gasteiger partial charge is 0.484 e. The van der Waals surface area contributed by atoms with Crippen LogP contribution in [0, 0.1) is 13.8 Å². The van der Waals surface area contributed by atoms with Crippen molar-refractivity contribution >= 4 is 11.8 Å². The fourth-order valence-corrected chi connectivity index (χ4v) is 3.77. The van der Waals surface area contributed by atoms with E-state index in [1.807, 2.05) is 107 Å². The zero-order valence-corrected chi connectivity index (χ0v) is 20.5. The van der Waals surface area contributed by atoms with Gasteiger partial charge in [-0.15, -0.1) is 0 Å². The van der Waals surface area contributed by atoms with Crippen molar-refractivity contribution < 1.29 is 14.3 Å². The van der Waals surface area contributed by atoms with Gasteiger partial charge in [-0.2, -0.15) is 0 Å². The van der Waals surface area contributed by atoms with Crippen molar-refractivity contribution in [2.75, 3.05) is 6.61 Å². The maximum Gasteiger partial charge on any atom is 0.261 e. The molecule has 0 heterocycles. The summed E-state index contributed by atoms with van der Waals surface area (Å²) in [7, 11) is 0. The SMILES string of the molecule is Cc1ccc(OCC(=O)N(Cc2ccccc2C)C(Cc2ccccc2)C(=O)NC(C)C)cc1. The fraction of sp³-hybridized carbons (Fsp3) is 0.310. The van der Waals surface area contributed by atoms with Gasteiger partial charge in [-0.3, -0.25) is 9.59 Å². The van der Waals surface area contributed by atoms with Crippen LogP contribution in [0.4, 0.5) is 0 Å². The molecule has 34 heavy (non-hydrogen) atoms. The number of hydrogen-bond acceptors (Lipinski definition) is 3. The van der Waals surface area contributed by atoms with Crippen LogP contribution in [-0.2, 0) is 22.6 Å². The molecule has 0 spiro atoms. The van der Waals surface area contributed by atoms with Crippen molar-refractivity contribution in [1.29, 1.82) is 0 Å². The molecule has 3 rings (SSSR count). The highest BCUT2D eigenvalue weighted by Crippen LogP contribution is 2.18. The number of rotatable bonds is 10. The molecule has 1 atom stereocenters. The van der Waals surface area contributed by atoms with Gasteiger partial charge >= 0.3 is 0 Å². The highest BCUT2D eigenvalue weighted by molar-refractivity contribution is 5.88. The van der Waals surface area contributed by atoms with Crippen molar-refractivity contribution in [2.24, 2.45) is 0 Å². The standard InChI is InChI=1S/C29H34N2O3/c1-21(2)30-29(33)27(18-24-11-6-5-7-12-24)31(19-25-13-9-8-10-23(25)4)28(32)20-34-26-16-14-22(3)15-17-26/h5-17,21,27H,18-20H2,1-4H3,(H,30,33). The van der Waals surface area contributed by atoms with Gasteiger partial charge in [0.1, 0.15) is 11.8 Å². The smallest absolute Gasteiger partial charge is 0.261 e. The summed E-state index contributed by atoms with van der Waals surface area (Å²) in [5.74, 6) is 0.223. The summed E-state index contributed by atoms with van der Waals surface area (Å²) in [5, 5.41) is 3.01. The Labute approximate surface area is 202 Å². The van der Waals surface area contributed by atoms with E-state index in [9.17, 15) is 9.59 Å². The summed E-state index contributed by atoms with van der Waals surface area (Å²) in [5.41, 5.74) is 4.19. The van der Waals surface area contributed by atoms with E-state index in [1.54, 1.807) is 4.90 Å². The Morgan fingerprint density at radius 3 is 2.18 bits per heavy atom. The quantitative estimate of drug-likeness (QED) is 0.473. The molecule has 5 nitrogen and oxygen atoms in total. The van der Waals surface area contributed by atoms with Crippen LogP contribution in [0.15, 0.2) is 78.9 Å².